The monoisotopic (exact) mass is 334 g/mol. The van der Waals surface area contributed by atoms with E-state index in [1.54, 1.807) is 13.0 Å². The van der Waals surface area contributed by atoms with E-state index in [4.69, 9.17) is 9.15 Å². The molecule has 2 heterocycles. The van der Waals surface area contributed by atoms with Gasteiger partial charge in [0, 0.05) is 10.4 Å². The number of fused-ring (bicyclic) bond motifs is 1. The van der Waals surface area contributed by atoms with E-state index in [-0.39, 0.29) is 18.3 Å². The third-order valence-corrected chi connectivity index (χ3v) is 5.10. The molecule has 0 amide bonds. The van der Waals surface area contributed by atoms with Crippen LogP contribution < -0.4 is 0 Å². The standard InChI is InChI=1S/C17H18O5S/c1-10-7-12(22-15(10)17(19)20-2)9-21-16(18)14-8-11-5-3-4-6-13(11)23-14/h7-8H,3-6,9H2,1-2H3. The number of esters is 2. The lowest BCUT2D eigenvalue weighted by atomic mass is 9.99. The zero-order valence-electron chi connectivity index (χ0n) is 13.1. The van der Waals surface area contributed by atoms with Gasteiger partial charge in [0.2, 0.25) is 5.76 Å². The van der Waals surface area contributed by atoms with Gasteiger partial charge in [-0.2, -0.15) is 0 Å². The molecule has 3 rings (SSSR count). The lowest BCUT2D eigenvalue weighted by molar-refractivity contribution is 0.0444. The summed E-state index contributed by atoms with van der Waals surface area (Å²) < 4.78 is 15.3. The Morgan fingerprint density at radius 1 is 1.22 bits per heavy atom. The molecule has 0 atom stereocenters. The zero-order chi connectivity index (χ0) is 16.4. The van der Waals surface area contributed by atoms with Crippen molar-refractivity contribution in [2.75, 3.05) is 7.11 Å². The van der Waals surface area contributed by atoms with Crippen molar-refractivity contribution >= 4 is 23.3 Å². The molecule has 0 aromatic carbocycles. The molecule has 122 valence electrons. The number of methoxy groups -OCH3 is 1. The van der Waals surface area contributed by atoms with E-state index in [1.807, 2.05) is 6.07 Å². The summed E-state index contributed by atoms with van der Waals surface area (Å²) in [5, 5.41) is 0. The summed E-state index contributed by atoms with van der Waals surface area (Å²) in [6, 6.07) is 3.62. The highest BCUT2D eigenvalue weighted by Crippen LogP contribution is 2.30. The second kappa shape index (κ2) is 6.58. The predicted molar refractivity (Wildman–Crippen MR) is 84.9 cm³/mol. The molecule has 5 nitrogen and oxygen atoms in total. The first-order valence-electron chi connectivity index (χ1n) is 7.55. The van der Waals surface area contributed by atoms with Crippen LogP contribution in [0.2, 0.25) is 0 Å². The summed E-state index contributed by atoms with van der Waals surface area (Å²) in [7, 11) is 1.29. The van der Waals surface area contributed by atoms with E-state index in [9.17, 15) is 9.59 Å². The molecule has 0 saturated carbocycles. The third kappa shape index (κ3) is 3.32. The van der Waals surface area contributed by atoms with Gasteiger partial charge in [0.15, 0.2) is 0 Å². The van der Waals surface area contributed by atoms with Crippen molar-refractivity contribution in [1.82, 2.24) is 0 Å². The van der Waals surface area contributed by atoms with Crippen molar-refractivity contribution < 1.29 is 23.5 Å². The van der Waals surface area contributed by atoms with Crippen LogP contribution in [-0.4, -0.2) is 19.0 Å². The highest BCUT2D eigenvalue weighted by molar-refractivity contribution is 7.14. The molecule has 0 spiro atoms. The molecular formula is C17H18O5S. The lowest BCUT2D eigenvalue weighted by Gasteiger charge is -2.08. The Kier molecular flexibility index (Phi) is 4.52. The number of aryl methyl sites for hydroxylation is 3. The largest absolute Gasteiger partial charge is 0.463 e. The fourth-order valence-corrected chi connectivity index (χ4v) is 3.86. The third-order valence-electron chi connectivity index (χ3n) is 3.88. The van der Waals surface area contributed by atoms with Crippen molar-refractivity contribution in [3.8, 4) is 0 Å². The number of carbonyl (C=O) groups is 2. The average Bonchev–Trinajstić information content (AvgIpc) is 3.15. The van der Waals surface area contributed by atoms with Crippen molar-refractivity contribution in [3.63, 3.8) is 0 Å². The summed E-state index contributed by atoms with van der Waals surface area (Å²) in [6.07, 6.45) is 4.45. The summed E-state index contributed by atoms with van der Waals surface area (Å²) in [5.41, 5.74) is 1.93. The Bertz CT molecular complexity index is 717. The van der Waals surface area contributed by atoms with E-state index < -0.39 is 5.97 Å². The number of ether oxygens (including phenoxy) is 2. The quantitative estimate of drug-likeness (QED) is 0.798. The Morgan fingerprint density at radius 3 is 2.74 bits per heavy atom. The van der Waals surface area contributed by atoms with Gasteiger partial charge in [-0.1, -0.05) is 0 Å². The second-order valence-electron chi connectivity index (χ2n) is 5.56. The molecule has 0 saturated heterocycles. The maximum Gasteiger partial charge on any atom is 0.374 e. The Morgan fingerprint density at radius 2 is 2.00 bits per heavy atom. The van der Waals surface area contributed by atoms with E-state index in [2.05, 4.69) is 4.74 Å². The number of hydrogen-bond donors (Lipinski definition) is 0. The smallest absolute Gasteiger partial charge is 0.374 e. The molecule has 0 radical (unpaired) electrons. The Balaban J connectivity index is 1.65. The molecule has 0 fully saturated rings. The molecule has 0 N–H and O–H groups in total. The number of rotatable bonds is 4. The van der Waals surface area contributed by atoms with Crippen LogP contribution in [0.5, 0.6) is 0 Å². The van der Waals surface area contributed by atoms with E-state index >= 15 is 0 Å². The fourth-order valence-electron chi connectivity index (χ4n) is 2.71. The van der Waals surface area contributed by atoms with Crippen molar-refractivity contribution in [2.45, 2.75) is 39.2 Å². The van der Waals surface area contributed by atoms with Crippen LogP contribution in [-0.2, 0) is 28.9 Å². The predicted octanol–water partition coefficient (Wildman–Crippen LogP) is 3.67. The molecule has 6 heteroatoms. The van der Waals surface area contributed by atoms with Crippen molar-refractivity contribution in [3.05, 3.63) is 44.5 Å². The van der Waals surface area contributed by atoms with Gasteiger partial charge in [0.1, 0.15) is 17.2 Å². The molecular weight excluding hydrogens is 316 g/mol. The summed E-state index contributed by atoms with van der Waals surface area (Å²) in [4.78, 5) is 25.6. The first kappa shape index (κ1) is 15.8. The lowest BCUT2D eigenvalue weighted by Crippen LogP contribution is -2.03. The molecule has 0 unspecified atom stereocenters. The Labute approximate surface area is 138 Å². The highest BCUT2D eigenvalue weighted by Gasteiger charge is 2.20. The van der Waals surface area contributed by atoms with Gasteiger partial charge in [0.25, 0.3) is 0 Å². The van der Waals surface area contributed by atoms with Crippen LogP contribution in [0.1, 0.15) is 54.8 Å². The van der Waals surface area contributed by atoms with Gasteiger partial charge in [0.05, 0.1) is 7.11 Å². The highest BCUT2D eigenvalue weighted by atomic mass is 32.1. The first-order chi connectivity index (χ1) is 11.1. The van der Waals surface area contributed by atoms with Crippen molar-refractivity contribution in [2.24, 2.45) is 0 Å². The van der Waals surface area contributed by atoms with Gasteiger partial charge < -0.3 is 13.9 Å². The van der Waals surface area contributed by atoms with Crippen LogP contribution in [0, 0.1) is 6.92 Å². The summed E-state index contributed by atoms with van der Waals surface area (Å²) in [6.45, 7) is 1.74. The van der Waals surface area contributed by atoms with Gasteiger partial charge >= 0.3 is 11.9 Å². The SMILES string of the molecule is COC(=O)c1oc(COC(=O)c2cc3c(s2)CCCC3)cc1C. The van der Waals surface area contributed by atoms with Crippen LogP contribution in [0.3, 0.4) is 0 Å². The Hall–Kier alpha value is -2.08. The number of hydrogen-bond acceptors (Lipinski definition) is 6. The number of thiophene rings is 1. The fraction of sp³-hybridized carbons (Fsp3) is 0.412. The maximum atomic E-state index is 12.2. The molecule has 0 aliphatic heterocycles. The van der Waals surface area contributed by atoms with Crippen LogP contribution in [0.4, 0.5) is 0 Å². The topological polar surface area (TPSA) is 65.7 Å². The maximum absolute atomic E-state index is 12.2. The molecule has 2 aromatic rings. The minimum atomic E-state index is -0.536. The van der Waals surface area contributed by atoms with Gasteiger partial charge in [-0.05, 0) is 50.3 Å². The summed E-state index contributed by atoms with van der Waals surface area (Å²) in [5.74, 6) is -0.313. The van der Waals surface area contributed by atoms with Crippen LogP contribution >= 0.6 is 11.3 Å². The molecule has 1 aliphatic carbocycles. The minimum absolute atomic E-state index is 0.000760. The van der Waals surface area contributed by atoms with Gasteiger partial charge in [-0.15, -0.1) is 11.3 Å². The second-order valence-corrected chi connectivity index (χ2v) is 6.70. The average molecular weight is 334 g/mol. The van der Waals surface area contributed by atoms with E-state index in [0.717, 1.165) is 12.8 Å². The van der Waals surface area contributed by atoms with Gasteiger partial charge in [-0.3, -0.25) is 0 Å². The minimum Gasteiger partial charge on any atom is -0.463 e. The molecule has 1 aliphatic rings. The zero-order valence-corrected chi connectivity index (χ0v) is 14.0. The number of carbonyl (C=O) groups excluding carboxylic acids is 2. The summed E-state index contributed by atoms with van der Waals surface area (Å²) >= 11 is 1.52. The van der Waals surface area contributed by atoms with Crippen molar-refractivity contribution in [1.29, 1.82) is 0 Å². The first-order valence-corrected chi connectivity index (χ1v) is 8.36. The van der Waals surface area contributed by atoms with Crippen LogP contribution in [0.15, 0.2) is 16.5 Å². The molecule has 23 heavy (non-hydrogen) atoms. The molecule has 2 aromatic heterocycles. The number of furan rings is 1. The van der Waals surface area contributed by atoms with Crippen LogP contribution in [0.25, 0.3) is 0 Å². The molecule has 0 bridgehead atoms. The van der Waals surface area contributed by atoms with E-state index in [1.165, 1.54) is 41.7 Å². The van der Waals surface area contributed by atoms with E-state index in [0.29, 0.717) is 16.2 Å². The normalized spacial score (nSPS) is 13.5. The van der Waals surface area contributed by atoms with Gasteiger partial charge in [-0.25, -0.2) is 9.59 Å².